The fourth-order valence-electron chi connectivity index (χ4n) is 3.53. The first-order chi connectivity index (χ1) is 13.7. The average molecular weight is 369 g/mol. The zero-order valence-corrected chi connectivity index (χ0v) is 15.5. The Morgan fingerprint density at radius 1 is 1.21 bits per heavy atom. The van der Waals surface area contributed by atoms with Gasteiger partial charge >= 0.3 is 0 Å². The summed E-state index contributed by atoms with van der Waals surface area (Å²) in [4.78, 5) is 18.7. The van der Waals surface area contributed by atoms with Gasteiger partial charge in [0, 0.05) is 31.4 Å². The van der Waals surface area contributed by atoms with Crippen molar-refractivity contribution in [2.75, 3.05) is 7.05 Å². The molecule has 5 heteroatoms. The molecule has 0 bridgehead atoms. The molecule has 2 aromatic rings. The molecule has 1 aliphatic heterocycles. The first kappa shape index (κ1) is 17.9. The van der Waals surface area contributed by atoms with Gasteiger partial charge in [-0.1, -0.05) is 36.4 Å². The number of allylic oxidation sites excluding steroid dienone is 4. The monoisotopic (exact) mass is 369 g/mol. The molecule has 1 unspecified atom stereocenters. The van der Waals surface area contributed by atoms with E-state index >= 15 is 0 Å². The lowest BCUT2D eigenvalue weighted by Gasteiger charge is -2.32. The van der Waals surface area contributed by atoms with E-state index in [0.29, 0.717) is 5.70 Å². The number of nitriles is 1. The fraction of sp³-hybridized carbons (Fsp3) is 0.174. The first-order valence-electron chi connectivity index (χ1n) is 9.07. The zero-order chi connectivity index (χ0) is 19.5. The van der Waals surface area contributed by atoms with Crippen molar-refractivity contribution in [2.24, 2.45) is 0 Å². The summed E-state index contributed by atoms with van der Waals surface area (Å²) in [6.07, 6.45) is 5.03. The van der Waals surface area contributed by atoms with Gasteiger partial charge in [0.1, 0.15) is 17.9 Å². The van der Waals surface area contributed by atoms with Crippen molar-refractivity contribution in [3.63, 3.8) is 0 Å². The molecule has 0 spiro atoms. The molecule has 0 N–H and O–H groups in total. The van der Waals surface area contributed by atoms with E-state index in [1.807, 2.05) is 67.9 Å². The Morgan fingerprint density at radius 2 is 2.00 bits per heavy atom. The van der Waals surface area contributed by atoms with Crippen LogP contribution in [0.15, 0.2) is 83.8 Å². The van der Waals surface area contributed by atoms with Crippen LogP contribution in [0.3, 0.4) is 0 Å². The van der Waals surface area contributed by atoms with Crippen molar-refractivity contribution in [3.8, 4) is 6.07 Å². The van der Waals surface area contributed by atoms with Crippen LogP contribution in [-0.4, -0.2) is 28.8 Å². The predicted octanol–water partition coefficient (Wildman–Crippen LogP) is 3.63. The Balaban J connectivity index is 1.72. The minimum Gasteiger partial charge on any atom is -0.360 e. The van der Waals surface area contributed by atoms with Crippen molar-refractivity contribution in [1.29, 1.82) is 5.26 Å². The second-order valence-electron chi connectivity index (χ2n) is 6.74. The number of aromatic nitrogens is 1. The molecular weight excluding hydrogens is 350 g/mol. The lowest BCUT2D eigenvalue weighted by molar-refractivity contribution is -0.128. The van der Waals surface area contributed by atoms with Crippen LogP contribution in [-0.2, 0) is 16.1 Å². The molecular formula is C23H19N3O2. The normalized spacial score (nSPS) is 18.9. The maximum atomic E-state index is 12.6. The van der Waals surface area contributed by atoms with Crippen LogP contribution in [0.4, 0.5) is 0 Å². The SMILES string of the molecule is CN1C=C2CC(=O)C(OCc3ccccn3)C=C2C(c2ccccc2)=C1C#N. The number of hydrogen-bond donors (Lipinski definition) is 0. The van der Waals surface area contributed by atoms with Crippen LogP contribution in [0.25, 0.3) is 5.57 Å². The van der Waals surface area contributed by atoms with Crippen LogP contribution in [0.1, 0.15) is 17.7 Å². The van der Waals surface area contributed by atoms with Gasteiger partial charge < -0.3 is 9.64 Å². The number of fused-ring (bicyclic) bond motifs is 1. The predicted molar refractivity (Wildman–Crippen MR) is 105 cm³/mol. The Morgan fingerprint density at radius 3 is 2.71 bits per heavy atom. The topological polar surface area (TPSA) is 66.2 Å². The number of rotatable bonds is 4. The van der Waals surface area contributed by atoms with Crippen LogP contribution >= 0.6 is 0 Å². The molecule has 1 aliphatic carbocycles. The van der Waals surface area contributed by atoms with Crippen LogP contribution in [0, 0.1) is 11.3 Å². The molecule has 0 saturated heterocycles. The number of benzene rings is 1. The Hall–Kier alpha value is -3.49. The van der Waals surface area contributed by atoms with Gasteiger partial charge in [0.05, 0.1) is 12.3 Å². The largest absolute Gasteiger partial charge is 0.360 e. The second-order valence-corrected chi connectivity index (χ2v) is 6.74. The molecule has 0 amide bonds. The minimum atomic E-state index is -0.656. The highest BCUT2D eigenvalue weighted by Gasteiger charge is 2.32. The van der Waals surface area contributed by atoms with Crippen molar-refractivity contribution in [2.45, 2.75) is 19.1 Å². The van der Waals surface area contributed by atoms with Gasteiger partial charge in [0.25, 0.3) is 0 Å². The van der Waals surface area contributed by atoms with Crippen molar-refractivity contribution >= 4 is 11.4 Å². The van der Waals surface area contributed by atoms with E-state index in [1.165, 1.54) is 0 Å². The van der Waals surface area contributed by atoms with Gasteiger partial charge in [-0.15, -0.1) is 0 Å². The van der Waals surface area contributed by atoms with Crippen molar-refractivity contribution in [1.82, 2.24) is 9.88 Å². The van der Waals surface area contributed by atoms with E-state index in [0.717, 1.165) is 28.0 Å². The van der Waals surface area contributed by atoms with E-state index in [2.05, 4.69) is 11.1 Å². The highest BCUT2D eigenvalue weighted by atomic mass is 16.5. The lowest BCUT2D eigenvalue weighted by atomic mass is 9.81. The third kappa shape index (κ3) is 3.38. The summed E-state index contributed by atoms with van der Waals surface area (Å²) in [5.74, 6) is 0.00662. The Labute approximate surface area is 163 Å². The second kappa shape index (κ2) is 7.63. The summed E-state index contributed by atoms with van der Waals surface area (Å²) in [5, 5.41) is 9.74. The minimum absolute atomic E-state index is 0.00662. The van der Waals surface area contributed by atoms with Gasteiger partial charge in [0.2, 0.25) is 0 Å². The Bertz CT molecular complexity index is 1030. The molecule has 28 heavy (non-hydrogen) atoms. The molecule has 1 aromatic heterocycles. The molecule has 2 heterocycles. The van der Waals surface area contributed by atoms with Crippen molar-refractivity contribution in [3.05, 3.63) is 95.1 Å². The number of nitrogens with zero attached hydrogens (tertiary/aromatic N) is 3. The number of carbonyl (C=O) groups excluding carboxylic acids is 1. The van der Waals surface area contributed by atoms with Crippen LogP contribution in [0.2, 0.25) is 0 Å². The highest BCUT2D eigenvalue weighted by Crippen LogP contribution is 2.40. The summed E-state index contributed by atoms with van der Waals surface area (Å²) in [6.45, 7) is 0.259. The van der Waals surface area contributed by atoms with Crippen molar-refractivity contribution < 1.29 is 9.53 Å². The zero-order valence-electron chi connectivity index (χ0n) is 15.5. The van der Waals surface area contributed by atoms with Gasteiger partial charge in [-0.2, -0.15) is 5.26 Å². The number of Topliss-reactive ketones (excluding diaryl/α,β-unsaturated/α-hetero) is 1. The van der Waals surface area contributed by atoms with Gasteiger partial charge in [-0.3, -0.25) is 9.78 Å². The summed E-state index contributed by atoms with van der Waals surface area (Å²) in [7, 11) is 1.83. The molecule has 5 nitrogen and oxygen atoms in total. The first-order valence-corrected chi connectivity index (χ1v) is 9.07. The third-order valence-electron chi connectivity index (χ3n) is 4.86. The molecule has 1 atom stereocenters. The van der Waals surface area contributed by atoms with E-state index in [9.17, 15) is 10.1 Å². The number of pyridine rings is 1. The molecule has 0 fully saturated rings. The molecule has 4 rings (SSSR count). The lowest BCUT2D eigenvalue weighted by Crippen LogP contribution is -2.30. The van der Waals surface area contributed by atoms with E-state index in [-0.39, 0.29) is 18.8 Å². The molecule has 0 saturated carbocycles. The fourth-order valence-corrected chi connectivity index (χ4v) is 3.53. The highest BCUT2D eigenvalue weighted by molar-refractivity contribution is 5.98. The van der Waals surface area contributed by atoms with Gasteiger partial charge in [0.15, 0.2) is 5.78 Å². The number of hydrogen-bond acceptors (Lipinski definition) is 5. The van der Waals surface area contributed by atoms with E-state index in [4.69, 9.17) is 4.74 Å². The van der Waals surface area contributed by atoms with Crippen LogP contribution in [0.5, 0.6) is 0 Å². The number of ketones is 1. The number of carbonyl (C=O) groups is 1. The molecule has 138 valence electrons. The molecule has 2 aliphatic rings. The summed E-state index contributed by atoms with van der Waals surface area (Å²) >= 11 is 0. The standard InChI is InChI=1S/C23H19N3O2/c1-26-14-17-11-21(27)22(28-15-18-9-5-6-10-25-18)12-19(17)23(20(26)13-24)16-7-3-2-4-8-16/h2-10,12,14,22H,11,15H2,1H3. The van der Waals surface area contributed by atoms with Gasteiger partial charge in [-0.25, -0.2) is 0 Å². The average Bonchev–Trinajstić information content (AvgIpc) is 2.73. The molecule has 0 radical (unpaired) electrons. The third-order valence-corrected chi connectivity index (χ3v) is 4.86. The van der Waals surface area contributed by atoms with Crippen LogP contribution < -0.4 is 0 Å². The summed E-state index contributed by atoms with van der Waals surface area (Å²) in [5.41, 5.74) is 4.91. The van der Waals surface area contributed by atoms with Gasteiger partial charge in [-0.05, 0) is 34.9 Å². The maximum Gasteiger partial charge on any atom is 0.169 e. The van der Waals surface area contributed by atoms with E-state index < -0.39 is 6.10 Å². The number of ether oxygens (including phenoxy) is 1. The molecule has 1 aromatic carbocycles. The quantitative estimate of drug-likeness (QED) is 0.823. The summed E-state index contributed by atoms with van der Waals surface area (Å²) < 4.78 is 5.88. The Kier molecular flexibility index (Phi) is 4.88. The maximum absolute atomic E-state index is 12.6. The summed E-state index contributed by atoms with van der Waals surface area (Å²) in [6, 6.07) is 17.7. The smallest absolute Gasteiger partial charge is 0.169 e. The van der Waals surface area contributed by atoms with E-state index in [1.54, 1.807) is 11.1 Å².